The van der Waals surface area contributed by atoms with E-state index in [1.807, 2.05) is 60.7 Å². The first kappa shape index (κ1) is 21.2. The van der Waals surface area contributed by atoms with E-state index in [2.05, 4.69) is 9.88 Å². The molecule has 0 saturated carbocycles. The standard InChI is InChI=1S/C28H23ClN2O2/c29-22-14-12-21(13-15-22)27(33)25-23(18-24(32)19-8-3-1-4-9-19)26(20-10-5-2-6-11-20)31-17-7-16-30-28(25)31/h1-6,8-15,30H,7,16-18H2. The monoisotopic (exact) mass is 454 g/mol. The number of ketones is 2. The maximum Gasteiger partial charge on any atom is 0.197 e. The van der Waals surface area contributed by atoms with Crippen molar-refractivity contribution in [1.82, 2.24) is 4.57 Å². The van der Waals surface area contributed by atoms with Gasteiger partial charge in [0, 0.05) is 35.7 Å². The van der Waals surface area contributed by atoms with Crippen LogP contribution in [0.5, 0.6) is 0 Å². The Hall–Kier alpha value is -3.63. The Balaban J connectivity index is 1.71. The number of halogens is 1. The molecular formula is C28H23ClN2O2. The minimum absolute atomic E-state index is 0.0131. The molecule has 164 valence electrons. The maximum absolute atomic E-state index is 13.8. The van der Waals surface area contributed by atoms with Crippen LogP contribution in [-0.4, -0.2) is 22.7 Å². The third-order valence-corrected chi connectivity index (χ3v) is 6.28. The average Bonchev–Trinajstić information content (AvgIpc) is 3.18. The van der Waals surface area contributed by atoms with E-state index in [1.54, 1.807) is 24.3 Å². The molecule has 1 aliphatic rings. The van der Waals surface area contributed by atoms with Crippen LogP contribution in [-0.2, 0) is 13.0 Å². The van der Waals surface area contributed by atoms with Gasteiger partial charge < -0.3 is 9.88 Å². The Morgan fingerprint density at radius 1 is 0.848 bits per heavy atom. The van der Waals surface area contributed by atoms with E-state index in [9.17, 15) is 9.59 Å². The van der Waals surface area contributed by atoms with Gasteiger partial charge in [-0.05, 0) is 41.8 Å². The second-order valence-corrected chi connectivity index (χ2v) is 8.59. The second-order valence-electron chi connectivity index (χ2n) is 8.15. The number of fused-ring (bicyclic) bond motifs is 1. The molecule has 0 fully saturated rings. The zero-order valence-corrected chi connectivity index (χ0v) is 18.8. The molecule has 4 nitrogen and oxygen atoms in total. The van der Waals surface area contributed by atoms with Gasteiger partial charge in [0.1, 0.15) is 5.82 Å². The van der Waals surface area contributed by atoms with Crippen molar-refractivity contribution in [3.8, 4) is 11.3 Å². The van der Waals surface area contributed by atoms with Crippen molar-refractivity contribution in [1.29, 1.82) is 0 Å². The molecule has 1 aliphatic heterocycles. The average molecular weight is 455 g/mol. The van der Waals surface area contributed by atoms with Crippen LogP contribution in [0, 0.1) is 0 Å². The third kappa shape index (κ3) is 4.10. The van der Waals surface area contributed by atoms with Crippen LogP contribution in [0.2, 0.25) is 5.02 Å². The summed E-state index contributed by atoms with van der Waals surface area (Å²) in [6.07, 6.45) is 1.09. The van der Waals surface area contributed by atoms with E-state index in [0.717, 1.165) is 42.1 Å². The fourth-order valence-corrected chi connectivity index (χ4v) is 4.62. The largest absolute Gasteiger partial charge is 0.371 e. The number of carbonyl (C=O) groups is 2. The summed E-state index contributed by atoms with van der Waals surface area (Å²) in [4.78, 5) is 27.1. The SMILES string of the molecule is O=C(Cc1c(C(=O)c2ccc(Cl)cc2)c2n(c1-c1ccccc1)CCCN2)c1ccccc1. The Morgan fingerprint density at radius 2 is 1.52 bits per heavy atom. The van der Waals surface area contributed by atoms with Gasteiger partial charge in [0.15, 0.2) is 11.6 Å². The van der Waals surface area contributed by atoms with Crippen LogP contribution >= 0.6 is 11.6 Å². The molecule has 0 atom stereocenters. The van der Waals surface area contributed by atoms with Crippen molar-refractivity contribution in [2.24, 2.45) is 0 Å². The van der Waals surface area contributed by atoms with Crippen molar-refractivity contribution < 1.29 is 9.59 Å². The molecule has 0 radical (unpaired) electrons. The lowest BCUT2D eigenvalue weighted by molar-refractivity contribution is 0.0993. The van der Waals surface area contributed by atoms with Crippen LogP contribution in [0.4, 0.5) is 5.82 Å². The maximum atomic E-state index is 13.8. The number of rotatable bonds is 6. The van der Waals surface area contributed by atoms with Crippen LogP contribution < -0.4 is 5.32 Å². The third-order valence-electron chi connectivity index (χ3n) is 6.03. The summed E-state index contributed by atoms with van der Waals surface area (Å²) >= 11 is 6.06. The van der Waals surface area contributed by atoms with Gasteiger partial charge in [0.05, 0.1) is 11.3 Å². The zero-order chi connectivity index (χ0) is 22.8. The van der Waals surface area contributed by atoms with Gasteiger partial charge in [-0.25, -0.2) is 0 Å². The molecule has 1 N–H and O–H groups in total. The molecular weight excluding hydrogens is 432 g/mol. The summed E-state index contributed by atoms with van der Waals surface area (Å²) < 4.78 is 2.16. The summed E-state index contributed by atoms with van der Waals surface area (Å²) in [5.74, 6) is 0.666. The first-order chi connectivity index (χ1) is 16.1. The predicted molar refractivity (Wildman–Crippen MR) is 132 cm³/mol. The number of nitrogens with one attached hydrogen (secondary N) is 1. The fraction of sp³-hybridized carbons (Fsp3) is 0.143. The van der Waals surface area contributed by atoms with E-state index in [4.69, 9.17) is 11.6 Å². The fourth-order valence-electron chi connectivity index (χ4n) is 4.50. The molecule has 0 spiro atoms. The predicted octanol–water partition coefficient (Wildman–Crippen LogP) is 6.28. The smallest absolute Gasteiger partial charge is 0.197 e. The molecule has 0 amide bonds. The minimum atomic E-state index is -0.108. The van der Waals surface area contributed by atoms with Crippen molar-refractivity contribution in [2.45, 2.75) is 19.4 Å². The van der Waals surface area contributed by atoms with E-state index >= 15 is 0 Å². The lowest BCUT2D eigenvalue weighted by Gasteiger charge is -2.20. The highest BCUT2D eigenvalue weighted by atomic mass is 35.5. The summed E-state index contributed by atoms with van der Waals surface area (Å²) in [5, 5.41) is 4.02. The van der Waals surface area contributed by atoms with Gasteiger partial charge >= 0.3 is 0 Å². The molecule has 33 heavy (non-hydrogen) atoms. The summed E-state index contributed by atoms with van der Waals surface area (Å²) in [5.41, 5.74) is 4.44. The summed E-state index contributed by atoms with van der Waals surface area (Å²) in [6, 6.07) is 26.2. The van der Waals surface area contributed by atoms with E-state index in [1.165, 1.54) is 0 Å². The van der Waals surface area contributed by atoms with E-state index < -0.39 is 0 Å². The van der Waals surface area contributed by atoms with Crippen molar-refractivity contribution in [2.75, 3.05) is 11.9 Å². The molecule has 5 rings (SSSR count). The quantitative estimate of drug-likeness (QED) is 0.349. The molecule has 5 heteroatoms. The minimum Gasteiger partial charge on any atom is -0.371 e. The molecule has 0 unspecified atom stereocenters. The molecule has 4 aromatic rings. The van der Waals surface area contributed by atoms with Crippen molar-refractivity contribution >= 4 is 29.0 Å². The Labute approximate surface area is 197 Å². The molecule has 2 heterocycles. The summed E-state index contributed by atoms with van der Waals surface area (Å²) in [6.45, 7) is 1.57. The van der Waals surface area contributed by atoms with Crippen LogP contribution in [0.25, 0.3) is 11.3 Å². The van der Waals surface area contributed by atoms with E-state index in [-0.39, 0.29) is 18.0 Å². The number of hydrogen-bond donors (Lipinski definition) is 1. The van der Waals surface area contributed by atoms with Gasteiger partial charge in [-0.15, -0.1) is 0 Å². The number of benzene rings is 3. The van der Waals surface area contributed by atoms with Crippen molar-refractivity contribution in [3.05, 3.63) is 112 Å². The molecule has 0 aliphatic carbocycles. The Kier molecular flexibility index (Phi) is 5.84. The van der Waals surface area contributed by atoms with Gasteiger partial charge in [0.2, 0.25) is 0 Å². The highest BCUT2D eigenvalue weighted by Crippen LogP contribution is 2.39. The zero-order valence-electron chi connectivity index (χ0n) is 18.1. The molecule has 1 aromatic heterocycles. The van der Waals surface area contributed by atoms with Crippen LogP contribution in [0.3, 0.4) is 0 Å². The number of nitrogens with zero attached hydrogens (tertiary/aromatic N) is 1. The number of carbonyl (C=O) groups excluding carboxylic acids is 2. The van der Waals surface area contributed by atoms with Crippen molar-refractivity contribution in [3.63, 3.8) is 0 Å². The topological polar surface area (TPSA) is 51.1 Å². The second kappa shape index (κ2) is 9.08. The Morgan fingerprint density at radius 3 is 2.21 bits per heavy atom. The van der Waals surface area contributed by atoms with Crippen LogP contribution in [0.15, 0.2) is 84.9 Å². The first-order valence-corrected chi connectivity index (χ1v) is 11.4. The number of anilines is 1. The number of hydrogen-bond acceptors (Lipinski definition) is 3. The normalized spacial score (nSPS) is 12.6. The highest BCUT2D eigenvalue weighted by Gasteiger charge is 2.31. The van der Waals surface area contributed by atoms with Crippen LogP contribution in [0.1, 0.15) is 38.3 Å². The Bertz CT molecular complexity index is 1310. The van der Waals surface area contributed by atoms with Gasteiger partial charge in [-0.2, -0.15) is 0 Å². The number of Topliss-reactive ketones (excluding diaryl/α,β-unsaturated/α-hetero) is 1. The lowest BCUT2D eigenvalue weighted by Crippen LogP contribution is -2.19. The molecule has 3 aromatic carbocycles. The lowest BCUT2D eigenvalue weighted by atomic mass is 9.93. The van der Waals surface area contributed by atoms with E-state index in [0.29, 0.717) is 21.7 Å². The summed E-state index contributed by atoms with van der Waals surface area (Å²) in [7, 11) is 0. The van der Waals surface area contributed by atoms with Gasteiger partial charge in [-0.1, -0.05) is 72.3 Å². The van der Waals surface area contributed by atoms with Gasteiger partial charge in [-0.3, -0.25) is 9.59 Å². The molecule has 0 saturated heterocycles. The molecule has 0 bridgehead atoms. The first-order valence-electron chi connectivity index (χ1n) is 11.1. The van der Waals surface area contributed by atoms with Gasteiger partial charge in [0.25, 0.3) is 0 Å². The number of aromatic nitrogens is 1. The highest BCUT2D eigenvalue weighted by molar-refractivity contribution is 6.30.